The summed E-state index contributed by atoms with van der Waals surface area (Å²) in [5.74, 6) is -0.0836. The molecule has 0 aliphatic carbocycles. The lowest BCUT2D eigenvalue weighted by Gasteiger charge is -2.10. The molecule has 0 aliphatic rings. The van der Waals surface area contributed by atoms with Crippen molar-refractivity contribution in [3.63, 3.8) is 0 Å². The van der Waals surface area contributed by atoms with Crippen molar-refractivity contribution < 1.29 is 18.1 Å². The molecule has 0 saturated heterocycles. The molecular weight excluding hydrogens is 340 g/mol. The van der Waals surface area contributed by atoms with Crippen LogP contribution < -0.4 is 0 Å². The van der Waals surface area contributed by atoms with Gasteiger partial charge in [-0.2, -0.15) is 13.5 Å². The number of aryl methyl sites for hydroxylation is 2. The molecule has 0 unspecified atom stereocenters. The van der Waals surface area contributed by atoms with E-state index in [0.29, 0.717) is 33.3 Å². The van der Waals surface area contributed by atoms with Gasteiger partial charge in [-0.1, -0.05) is 18.2 Å². The SMILES string of the molecule is Cc1cc2c(O)c(N=Nc3ccccc3)c(C)cc2cc1S(=O)(=O)O. The van der Waals surface area contributed by atoms with Gasteiger partial charge in [-0.15, -0.1) is 5.11 Å². The first-order chi connectivity index (χ1) is 11.8. The van der Waals surface area contributed by atoms with E-state index in [9.17, 15) is 18.1 Å². The molecule has 25 heavy (non-hydrogen) atoms. The Labute approximate surface area is 145 Å². The first kappa shape index (κ1) is 17.1. The van der Waals surface area contributed by atoms with Gasteiger partial charge < -0.3 is 5.11 Å². The van der Waals surface area contributed by atoms with Crippen LogP contribution in [-0.2, 0) is 10.1 Å². The van der Waals surface area contributed by atoms with Crippen molar-refractivity contribution in [2.24, 2.45) is 10.2 Å². The number of phenols is 1. The highest BCUT2D eigenvalue weighted by Crippen LogP contribution is 2.40. The van der Waals surface area contributed by atoms with E-state index in [1.807, 2.05) is 18.2 Å². The van der Waals surface area contributed by atoms with Crippen LogP contribution in [-0.4, -0.2) is 18.1 Å². The number of benzene rings is 3. The minimum Gasteiger partial charge on any atom is -0.505 e. The van der Waals surface area contributed by atoms with Crippen LogP contribution in [0.4, 0.5) is 11.4 Å². The zero-order chi connectivity index (χ0) is 18.2. The number of phenolic OH excluding ortho intramolecular Hbond substituents is 1. The second-order valence-corrected chi connectivity index (χ2v) is 7.13. The number of rotatable bonds is 3. The average Bonchev–Trinajstić information content (AvgIpc) is 2.55. The zero-order valence-electron chi connectivity index (χ0n) is 13.6. The second-order valence-electron chi connectivity index (χ2n) is 5.74. The van der Waals surface area contributed by atoms with Gasteiger partial charge in [0.25, 0.3) is 10.1 Å². The van der Waals surface area contributed by atoms with E-state index in [1.165, 1.54) is 12.1 Å². The Hall–Kier alpha value is -2.77. The molecule has 3 aromatic rings. The number of nitrogens with zero attached hydrogens (tertiary/aromatic N) is 2. The van der Waals surface area contributed by atoms with E-state index in [2.05, 4.69) is 10.2 Å². The zero-order valence-corrected chi connectivity index (χ0v) is 14.4. The smallest absolute Gasteiger partial charge is 0.294 e. The van der Waals surface area contributed by atoms with E-state index in [4.69, 9.17) is 0 Å². The Morgan fingerprint density at radius 1 is 0.920 bits per heavy atom. The van der Waals surface area contributed by atoms with Crippen LogP contribution in [0, 0.1) is 13.8 Å². The Kier molecular flexibility index (Phi) is 4.28. The van der Waals surface area contributed by atoms with Crippen molar-refractivity contribution in [3.05, 3.63) is 59.7 Å². The second kappa shape index (κ2) is 6.27. The molecule has 0 spiro atoms. The van der Waals surface area contributed by atoms with Crippen molar-refractivity contribution in [2.75, 3.05) is 0 Å². The van der Waals surface area contributed by atoms with Crippen molar-refractivity contribution in [1.82, 2.24) is 0 Å². The third kappa shape index (κ3) is 3.38. The summed E-state index contributed by atoms with van der Waals surface area (Å²) in [7, 11) is -4.33. The summed E-state index contributed by atoms with van der Waals surface area (Å²) in [4.78, 5) is -0.183. The van der Waals surface area contributed by atoms with E-state index in [-0.39, 0.29) is 10.6 Å². The number of fused-ring (bicyclic) bond motifs is 1. The average molecular weight is 356 g/mol. The van der Waals surface area contributed by atoms with Crippen LogP contribution in [0.1, 0.15) is 11.1 Å². The minimum atomic E-state index is -4.33. The van der Waals surface area contributed by atoms with Crippen LogP contribution in [0.5, 0.6) is 5.75 Å². The summed E-state index contributed by atoms with van der Waals surface area (Å²) >= 11 is 0. The summed E-state index contributed by atoms with van der Waals surface area (Å²) in [6.45, 7) is 3.29. The van der Waals surface area contributed by atoms with Crippen molar-refractivity contribution >= 4 is 32.3 Å². The van der Waals surface area contributed by atoms with Crippen molar-refractivity contribution in [2.45, 2.75) is 18.7 Å². The van der Waals surface area contributed by atoms with Crippen LogP contribution in [0.15, 0.2) is 63.7 Å². The molecule has 3 rings (SSSR count). The van der Waals surface area contributed by atoms with E-state index in [1.54, 1.807) is 32.0 Å². The van der Waals surface area contributed by atoms with Gasteiger partial charge in [0.2, 0.25) is 0 Å². The normalized spacial score (nSPS) is 12.1. The van der Waals surface area contributed by atoms with Crippen LogP contribution >= 0.6 is 0 Å². The fourth-order valence-electron chi connectivity index (χ4n) is 2.65. The van der Waals surface area contributed by atoms with Crippen LogP contribution in [0.25, 0.3) is 10.8 Å². The third-order valence-corrected chi connectivity index (χ3v) is 4.87. The first-order valence-electron chi connectivity index (χ1n) is 7.48. The molecule has 0 fully saturated rings. The lowest BCUT2D eigenvalue weighted by Crippen LogP contribution is -2.01. The molecule has 0 radical (unpaired) electrons. The van der Waals surface area contributed by atoms with E-state index >= 15 is 0 Å². The molecular formula is C18H16N2O4S. The van der Waals surface area contributed by atoms with Crippen molar-refractivity contribution in [3.8, 4) is 5.75 Å². The fraction of sp³-hybridized carbons (Fsp3) is 0.111. The van der Waals surface area contributed by atoms with Crippen LogP contribution in [0.3, 0.4) is 0 Å². The standard InChI is InChI=1S/C18H16N2O4S/c1-11-9-15-13(10-16(11)25(22,23)24)8-12(2)17(18(15)21)20-19-14-6-4-3-5-7-14/h3-10,21H,1-2H3,(H,22,23,24). The van der Waals surface area contributed by atoms with Gasteiger partial charge in [-0.25, -0.2) is 0 Å². The molecule has 0 atom stereocenters. The van der Waals surface area contributed by atoms with Gasteiger partial charge in [0.1, 0.15) is 5.69 Å². The predicted molar refractivity (Wildman–Crippen MR) is 95.5 cm³/mol. The first-order valence-corrected chi connectivity index (χ1v) is 8.92. The number of hydrogen-bond acceptors (Lipinski definition) is 5. The summed E-state index contributed by atoms with van der Waals surface area (Å²) in [6.07, 6.45) is 0. The Bertz CT molecular complexity index is 1090. The fourth-order valence-corrected chi connectivity index (χ4v) is 3.39. The van der Waals surface area contributed by atoms with Crippen LogP contribution in [0.2, 0.25) is 0 Å². The van der Waals surface area contributed by atoms with Gasteiger partial charge in [0.05, 0.1) is 10.6 Å². The molecule has 0 saturated carbocycles. The highest BCUT2D eigenvalue weighted by molar-refractivity contribution is 7.85. The molecule has 0 bridgehead atoms. The molecule has 0 heterocycles. The summed E-state index contributed by atoms with van der Waals surface area (Å²) < 4.78 is 32.2. The van der Waals surface area contributed by atoms with E-state index in [0.717, 1.165) is 0 Å². The van der Waals surface area contributed by atoms with E-state index < -0.39 is 10.1 Å². The monoisotopic (exact) mass is 356 g/mol. The summed E-state index contributed by atoms with van der Waals surface area (Å²) in [5.41, 5.74) is 1.93. The number of aromatic hydroxyl groups is 1. The third-order valence-electron chi connectivity index (χ3n) is 3.87. The summed E-state index contributed by atoms with van der Waals surface area (Å²) in [5, 5.41) is 19.7. The molecule has 0 aliphatic heterocycles. The largest absolute Gasteiger partial charge is 0.505 e. The Morgan fingerprint density at radius 3 is 2.24 bits per heavy atom. The topological polar surface area (TPSA) is 99.3 Å². The quantitative estimate of drug-likeness (QED) is 0.519. The van der Waals surface area contributed by atoms with Gasteiger partial charge in [-0.3, -0.25) is 4.55 Å². The highest BCUT2D eigenvalue weighted by Gasteiger charge is 2.17. The predicted octanol–water partition coefficient (Wildman–Crippen LogP) is 4.82. The molecule has 2 N–H and O–H groups in total. The number of hydrogen-bond donors (Lipinski definition) is 2. The maximum Gasteiger partial charge on any atom is 0.294 e. The van der Waals surface area contributed by atoms with Gasteiger partial charge >= 0.3 is 0 Å². The number of azo groups is 1. The molecule has 0 aromatic heterocycles. The highest BCUT2D eigenvalue weighted by atomic mass is 32.2. The molecule has 3 aromatic carbocycles. The van der Waals surface area contributed by atoms with Crippen molar-refractivity contribution in [1.29, 1.82) is 0 Å². The summed E-state index contributed by atoms with van der Waals surface area (Å²) in [6, 6.07) is 13.7. The lowest BCUT2D eigenvalue weighted by atomic mass is 10.0. The molecule has 7 heteroatoms. The van der Waals surface area contributed by atoms with Gasteiger partial charge in [0.15, 0.2) is 5.75 Å². The molecule has 6 nitrogen and oxygen atoms in total. The Balaban J connectivity index is 2.18. The van der Waals surface area contributed by atoms with Gasteiger partial charge in [0, 0.05) is 5.39 Å². The maximum absolute atomic E-state index is 11.5. The minimum absolute atomic E-state index is 0.0836. The lowest BCUT2D eigenvalue weighted by molar-refractivity contribution is 0.480. The maximum atomic E-state index is 11.5. The molecule has 128 valence electrons. The van der Waals surface area contributed by atoms with Gasteiger partial charge in [-0.05, 0) is 60.7 Å². The molecule has 0 amide bonds. The Morgan fingerprint density at radius 2 is 1.60 bits per heavy atom.